The van der Waals surface area contributed by atoms with E-state index in [1.165, 1.54) is 32.1 Å². The van der Waals surface area contributed by atoms with Gasteiger partial charge in [-0.3, -0.25) is 4.99 Å². The van der Waals surface area contributed by atoms with E-state index in [1.54, 1.807) is 0 Å². The molecule has 0 atom stereocenters. The fourth-order valence-corrected chi connectivity index (χ4v) is 3.54. The Kier molecular flexibility index (Phi) is 7.74. The molecule has 0 unspecified atom stereocenters. The second kappa shape index (κ2) is 8.59. The number of hydrogen-bond acceptors (Lipinski definition) is 1. The maximum absolute atomic E-state index is 12.3. The Labute approximate surface area is 148 Å². The van der Waals surface area contributed by atoms with Crippen LogP contribution in [-0.4, -0.2) is 43.2 Å². The fraction of sp³-hybridized carbons (Fsp3) is 0.933. The first-order chi connectivity index (χ1) is 9.94. The molecule has 0 aromatic heterocycles. The number of rotatable bonds is 3. The summed E-state index contributed by atoms with van der Waals surface area (Å²) in [5.74, 6) is 0.657. The molecule has 2 aliphatic rings. The Morgan fingerprint density at radius 3 is 2.45 bits per heavy atom. The van der Waals surface area contributed by atoms with Gasteiger partial charge in [-0.25, -0.2) is 0 Å². The number of alkyl halides is 3. The van der Waals surface area contributed by atoms with Gasteiger partial charge in [0, 0.05) is 19.6 Å². The molecule has 2 rings (SSSR count). The summed E-state index contributed by atoms with van der Waals surface area (Å²) in [5, 5.41) is 3.14. The molecule has 0 radical (unpaired) electrons. The van der Waals surface area contributed by atoms with Gasteiger partial charge >= 0.3 is 6.18 Å². The molecule has 7 heteroatoms. The Morgan fingerprint density at radius 1 is 1.18 bits per heavy atom. The molecule has 22 heavy (non-hydrogen) atoms. The quantitative estimate of drug-likeness (QED) is 0.411. The summed E-state index contributed by atoms with van der Waals surface area (Å²) in [4.78, 5) is 6.33. The van der Waals surface area contributed by atoms with E-state index >= 15 is 0 Å². The Morgan fingerprint density at radius 2 is 1.86 bits per heavy atom. The normalized spacial score (nSPS) is 21.8. The first-order valence-corrected chi connectivity index (χ1v) is 8.04. The molecule has 3 nitrogen and oxygen atoms in total. The summed E-state index contributed by atoms with van der Waals surface area (Å²) >= 11 is 0. The molecule has 1 saturated heterocycles. The number of hydrogen-bond donors (Lipinski definition) is 1. The van der Waals surface area contributed by atoms with E-state index in [9.17, 15) is 13.2 Å². The van der Waals surface area contributed by atoms with Crippen molar-refractivity contribution in [1.82, 2.24) is 10.2 Å². The van der Waals surface area contributed by atoms with Crippen LogP contribution in [-0.2, 0) is 0 Å². The lowest BCUT2D eigenvalue weighted by molar-refractivity contribution is -0.132. The minimum atomic E-state index is -4.13. The maximum Gasteiger partial charge on any atom is 0.390 e. The van der Waals surface area contributed by atoms with E-state index in [0.29, 0.717) is 17.9 Å². The molecule has 0 aromatic carbocycles. The highest BCUT2D eigenvalue weighted by Crippen LogP contribution is 2.43. The summed E-state index contributed by atoms with van der Waals surface area (Å²) < 4.78 is 36.8. The fourth-order valence-electron chi connectivity index (χ4n) is 3.54. The number of guanidine groups is 1. The maximum atomic E-state index is 12.3. The van der Waals surface area contributed by atoms with Gasteiger partial charge in [0.05, 0.1) is 13.0 Å². The summed E-state index contributed by atoms with van der Waals surface area (Å²) in [5.41, 5.74) is 0.387. The minimum absolute atomic E-state index is 0. The predicted octanol–water partition coefficient (Wildman–Crippen LogP) is 4.18. The van der Waals surface area contributed by atoms with Crippen molar-refractivity contribution in [2.75, 3.05) is 26.2 Å². The van der Waals surface area contributed by atoms with E-state index in [1.807, 2.05) is 6.92 Å². The lowest BCUT2D eigenvalue weighted by Crippen LogP contribution is -2.41. The summed E-state index contributed by atoms with van der Waals surface area (Å²) in [7, 11) is 0. The van der Waals surface area contributed by atoms with Gasteiger partial charge in [0.25, 0.3) is 0 Å². The van der Waals surface area contributed by atoms with Gasteiger partial charge in [0.2, 0.25) is 0 Å². The van der Waals surface area contributed by atoms with Crippen molar-refractivity contribution in [2.24, 2.45) is 10.4 Å². The molecule has 1 aliphatic carbocycles. The van der Waals surface area contributed by atoms with E-state index in [4.69, 9.17) is 0 Å². The molecular formula is C15H27F3IN3. The van der Waals surface area contributed by atoms with Crippen LogP contribution in [0.1, 0.15) is 51.9 Å². The zero-order chi connectivity index (χ0) is 15.3. The minimum Gasteiger partial charge on any atom is -0.357 e. The van der Waals surface area contributed by atoms with Gasteiger partial charge in [0.15, 0.2) is 5.96 Å². The number of likely N-dealkylation sites (tertiary alicyclic amines) is 1. The molecule has 130 valence electrons. The molecule has 1 heterocycles. The smallest absolute Gasteiger partial charge is 0.357 e. The zero-order valence-corrected chi connectivity index (χ0v) is 15.5. The van der Waals surface area contributed by atoms with Gasteiger partial charge in [-0.05, 0) is 31.6 Å². The Balaban J connectivity index is 0.00000242. The van der Waals surface area contributed by atoms with Crippen molar-refractivity contribution in [1.29, 1.82) is 0 Å². The van der Waals surface area contributed by atoms with Crippen molar-refractivity contribution in [3.05, 3.63) is 0 Å². The Bertz CT molecular complexity index is 366. The largest absolute Gasteiger partial charge is 0.390 e. The van der Waals surface area contributed by atoms with Gasteiger partial charge in [0.1, 0.15) is 0 Å². The number of aliphatic imine (C=N–C) groups is 1. The average molecular weight is 433 g/mol. The highest BCUT2D eigenvalue weighted by Gasteiger charge is 2.39. The lowest BCUT2D eigenvalue weighted by Gasteiger charge is -2.33. The highest BCUT2D eigenvalue weighted by atomic mass is 127. The first kappa shape index (κ1) is 19.8. The van der Waals surface area contributed by atoms with Crippen LogP contribution in [0.3, 0.4) is 0 Å². The topological polar surface area (TPSA) is 27.6 Å². The molecule has 1 aliphatic heterocycles. The van der Waals surface area contributed by atoms with Crippen LogP contribution in [0.25, 0.3) is 0 Å². The summed E-state index contributed by atoms with van der Waals surface area (Å²) in [6.07, 6.45) is 2.58. The zero-order valence-electron chi connectivity index (χ0n) is 13.2. The second-order valence-electron chi connectivity index (χ2n) is 6.33. The van der Waals surface area contributed by atoms with E-state index < -0.39 is 12.6 Å². The van der Waals surface area contributed by atoms with Crippen molar-refractivity contribution >= 4 is 29.9 Å². The standard InChI is InChI=1S/C15H26F3N3.HI/c1-2-19-13(20-10-8-15(16,17)18)21-11-9-14(12-21)6-4-3-5-7-14;/h2-12H2,1H3,(H,19,20);1H. The third kappa shape index (κ3) is 5.77. The predicted molar refractivity (Wildman–Crippen MR) is 93.8 cm³/mol. The Hall–Kier alpha value is -0.210. The number of nitrogens with one attached hydrogen (secondary N) is 1. The molecular weight excluding hydrogens is 406 g/mol. The molecule has 1 N–H and O–H groups in total. The van der Waals surface area contributed by atoms with Crippen LogP contribution < -0.4 is 5.32 Å². The SMILES string of the molecule is CCNC(=NCCC(F)(F)F)N1CCC2(CCCCC2)C1.I. The average Bonchev–Trinajstić information content (AvgIpc) is 2.81. The van der Waals surface area contributed by atoms with E-state index in [2.05, 4.69) is 15.2 Å². The van der Waals surface area contributed by atoms with E-state index in [-0.39, 0.29) is 30.5 Å². The summed E-state index contributed by atoms with van der Waals surface area (Å²) in [6.45, 7) is 4.32. The van der Waals surface area contributed by atoms with Crippen LogP contribution in [0.2, 0.25) is 0 Å². The van der Waals surface area contributed by atoms with Gasteiger partial charge in [-0.15, -0.1) is 24.0 Å². The van der Waals surface area contributed by atoms with Crippen LogP contribution >= 0.6 is 24.0 Å². The first-order valence-electron chi connectivity index (χ1n) is 8.04. The highest BCUT2D eigenvalue weighted by molar-refractivity contribution is 14.0. The number of nitrogens with zero attached hydrogens (tertiary/aromatic N) is 2. The van der Waals surface area contributed by atoms with Crippen LogP contribution in [0.5, 0.6) is 0 Å². The van der Waals surface area contributed by atoms with E-state index in [0.717, 1.165) is 19.5 Å². The molecule has 1 spiro atoms. The second-order valence-corrected chi connectivity index (χ2v) is 6.33. The third-order valence-corrected chi connectivity index (χ3v) is 4.64. The van der Waals surface area contributed by atoms with Gasteiger partial charge < -0.3 is 10.2 Å². The molecule has 0 aromatic rings. The molecule has 1 saturated carbocycles. The number of halogens is 4. The van der Waals surface area contributed by atoms with Crippen LogP contribution in [0, 0.1) is 5.41 Å². The van der Waals surface area contributed by atoms with Crippen molar-refractivity contribution in [3.8, 4) is 0 Å². The van der Waals surface area contributed by atoms with Crippen LogP contribution in [0.4, 0.5) is 13.2 Å². The summed E-state index contributed by atoms with van der Waals surface area (Å²) in [6, 6.07) is 0. The van der Waals surface area contributed by atoms with Crippen LogP contribution in [0.15, 0.2) is 4.99 Å². The molecule has 0 bridgehead atoms. The monoisotopic (exact) mass is 433 g/mol. The van der Waals surface area contributed by atoms with Gasteiger partial charge in [-0.1, -0.05) is 19.3 Å². The van der Waals surface area contributed by atoms with Gasteiger partial charge in [-0.2, -0.15) is 13.2 Å². The molecule has 2 fully saturated rings. The van der Waals surface area contributed by atoms with Crippen molar-refractivity contribution in [3.63, 3.8) is 0 Å². The third-order valence-electron chi connectivity index (χ3n) is 4.64. The van der Waals surface area contributed by atoms with Crippen molar-refractivity contribution < 1.29 is 13.2 Å². The molecule has 0 amide bonds. The lowest BCUT2D eigenvalue weighted by atomic mass is 9.73. The van der Waals surface area contributed by atoms with Crippen molar-refractivity contribution in [2.45, 2.75) is 58.0 Å².